The standard InChI is InChI=1S/C16H18N4/c1-20-10-9-18-16(20)19-12-13-5-4-6-14(11-13)15-7-2-3-8-17-15/h2-8,11H,9-10,12H2,1H3,(H,18,19). The lowest BCUT2D eigenvalue weighted by molar-refractivity contribution is 0.534. The molecule has 0 atom stereocenters. The van der Waals surface area contributed by atoms with Crippen LogP contribution in [0.3, 0.4) is 0 Å². The highest BCUT2D eigenvalue weighted by molar-refractivity contribution is 5.81. The van der Waals surface area contributed by atoms with E-state index < -0.39 is 0 Å². The zero-order valence-electron chi connectivity index (χ0n) is 11.6. The van der Waals surface area contributed by atoms with E-state index in [0.29, 0.717) is 0 Å². The van der Waals surface area contributed by atoms with Crippen LogP contribution in [0.5, 0.6) is 0 Å². The first kappa shape index (κ1) is 12.7. The second-order valence-corrected chi connectivity index (χ2v) is 4.90. The molecule has 4 heteroatoms. The predicted octanol–water partition coefficient (Wildman–Crippen LogP) is 2.14. The summed E-state index contributed by atoms with van der Waals surface area (Å²) in [4.78, 5) is 11.0. The van der Waals surface area contributed by atoms with Crippen LogP contribution in [0.25, 0.3) is 11.3 Å². The first-order valence-corrected chi connectivity index (χ1v) is 6.83. The number of guanidine groups is 1. The SMILES string of the molecule is CN1CCN=C1NCc1cccc(-c2ccccn2)c1. The molecule has 0 fully saturated rings. The molecule has 2 heterocycles. The van der Waals surface area contributed by atoms with Gasteiger partial charge in [-0.15, -0.1) is 0 Å². The monoisotopic (exact) mass is 266 g/mol. The first-order valence-electron chi connectivity index (χ1n) is 6.83. The summed E-state index contributed by atoms with van der Waals surface area (Å²) in [6.45, 7) is 2.66. The fraction of sp³-hybridized carbons (Fsp3) is 0.250. The molecule has 1 aromatic carbocycles. The summed E-state index contributed by atoms with van der Waals surface area (Å²) >= 11 is 0. The molecule has 0 aliphatic carbocycles. The molecule has 0 saturated carbocycles. The van der Waals surface area contributed by atoms with Gasteiger partial charge in [-0.25, -0.2) is 0 Å². The van der Waals surface area contributed by atoms with Crippen molar-refractivity contribution in [3.63, 3.8) is 0 Å². The summed E-state index contributed by atoms with van der Waals surface area (Å²) in [5.74, 6) is 0.980. The van der Waals surface area contributed by atoms with Gasteiger partial charge < -0.3 is 10.2 Å². The Morgan fingerprint density at radius 2 is 2.15 bits per heavy atom. The summed E-state index contributed by atoms with van der Waals surface area (Å²) in [6.07, 6.45) is 1.82. The van der Waals surface area contributed by atoms with Gasteiger partial charge in [0.05, 0.1) is 12.2 Å². The number of aromatic nitrogens is 1. The number of pyridine rings is 1. The van der Waals surface area contributed by atoms with Crippen LogP contribution in [-0.2, 0) is 6.54 Å². The Bertz CT molecular complexity index is 607. The van der Waals surface area contributed by atoms with Gasteiger partial charge in [-0.2, -0.15) is 0 Å². The van der Waals surface area contributed by atoms with Crippen LogP contribution in [0, 0.1) is 0 Å². The van der Waals surface area contributed by atoms with Crippen LogP contribution in [0.15, 0.2) is 53.7 Å². The lowest BCUT2D eigenvalue weighted by atomic mass is 10.1. The number of nitrogens with zero attached hydrogens (tertiary/aromatic N) is 3. The third kappa shape index (κ3) is 2.79. The van der Waals surface area contributed by atoms with Gasteiger partial charge in [-0.1, -0.05) is 24.3 Å². The Hall–Kier alpha value is -2.36. The molecule has 1 N–H and O–H groups in total. The van der Waals surface area contributed by atoms with Crippen molar-refractivity contribution in [3.8, 4) is 11.3 Å². The van der Waals surface area contributed by atoms with E-state index in [1.165, 1.54) is 5.56 Å². The second-order valence-electron chi connectivity index (χ2n) is 4.90. The van der Waals surface area contributed by atoms with E-state index >= 15 is 0 Å². The quantitative estimate of drug-likeness (QED) is 0.925. The topological polar surface area (TPSA) is 40.5 Å². The lowest BCUT2D eigenvalue weighted by Crippen LogP contribution is -2.35. The maximum atomic E-state index is 4.43. The number of rotatable bonds is 3. The van der Waals surface area contributed by atoms with Gasteiger partial charge in [0.1, 0.15) is 0 Å². The Morgan fingerprint density at radius 1 is 1.20 bits per heavy atom. The van der Waals surface area contributed by atoms with Gasteiger partial charge in [0.15, 0.2) is 5.96 Å². The number of hydrogen-bond acceptors (Lipinski definition) is 4. The molecular weight excluding hydrogens is 248 g/mol. The summed E-state index contributed by atoms with van der Waals surface area (Å²) in [6, 6.07) is 14.4. The molecular formula is C16H18N4. The van der Waals surface area contributed by atoms with Crippen molar-refractivity contribution in [3.05, 3.63) is 54.2 Å². The van der Waals surface area contributed by atoms with Gasteiger partial charge >= 0.3 is 0 Å². The van der Waals surface area contributed by atoms with E-state index in [1.54, 1.807) is 0 Å². The second kappa shape index (κ2) is 5.74. The van der Waals surface area contributed by atoms with Crippen LogP contribution < -0.4 is 5.32 Å². The van der Waals surface area contributed by atoms with Crippen molar-refractivity contribution in [1.29, 1.82) is 0 Å². The molecule has 1 aromatic heterocycles. The third-order valence-corrected chi connectivity index (χ3v) is 3.40. The van der Waals surface area contributed by atoms with Crippen molar-refractivity contribution in [2.75, 3.05) is 20.1 Å². The van der Waals surface area contributed by atoms with Gasteiger partial charge in [0.2, 0.25) is 0 Å². The molecule has 0 amide bonds. The number of nitrogens with one attached hydrogen (secondary N) is 1. The highest BCUT2D eigenvalue weighted by Crippen LogP contribution is 2.17. The smallest absolute Gasteiger partial charge is 0.194 e. The number of aliphatic imine (C=N–C) groups is 1. The molecule has 0 bridgehead atoms. The van der Waals surface area contributed by atoms with Crippen LogP contribution in [0.1, 0.15) is 5.56 Å². The first-order chi connectivity index (χ1) is 9.83. The Kier molecular flexibility index (Phi) is 3.63. The van der Waals surface area contributed by atoms with Crippen molar-refractivity contribution in [2.24, 2.45) is 4.99 Å². The van der Waals surface area contributed by atoms with E-state index in [4.69, 9.17) is 0 Å². The molecule has 2 aromatic rings. The van der Waals surface area contributed by atoms with Crippen LogP contribution in [0.2, 0.25) is 0 Å². The number of hydrogen-bond donors (Lipinski definition) is 1. The molecule has 4 nitrogen and oxygen atoms in total. The average Bonchev–Trinajstić information content (AvgIpc) is 2.92. The minimum atomic E-state index is 0.782. The average molecular weight is 266 g/mol. The maximum Gasteiger partial charge on any atom is 0.194 e. The molecule has 1 aliphatic heterocycles. The fourth-order valence-electron chi connectivity index (χ4n) is 2.28. The zero-order valence-corrected chi connectivity index (χ0v) is 11.6. The predicted molar refractivity (Wildman–Crippen MR) is 81.4 cm³/mol. The van der Waals surface area contributed by atoms with E-state index in [2.05, 4.69) is 51.5 Å². The van der Waals surface area contributed by atoms with Crippen molar-refractivity contribution in [2.45, 2.75) is 6.54 Å². The van der Waals surface area contributed by atoms with Crippen molar-refractivity contribution >= 4 is 5.96 Å². The van der Waals surface area contributed by atoms with Crippen LogP contribution >= 0.6 is 0 Å². The highest BCUT2D eigenvalue weighted by atomic mass is 15.3. The molecule has 1 aliphatic rings. The normalized spacial score (nSPS) is 14.2. The third-order valence-electron chi connectivity index (χ3n) is 3.40. The van der Waals surface area contributed by atoms with Gasteiger partial charge in [0.25, 0.3) is 0 Å². The van der Waals surface area contributed by atoms with Gasteiger partial charge in [-0.05, 0) is 23.8 Å². The molecule has 0 radical (unpaired) electrons. The van der Waals surface area contributed by atoms with Crippen LogP contribution in [0.4, 0.5) is 0 Å². The summed E-state index contributed by atoms with van der Waals surface area (Å²) in [7, 11) is 2.06. The minimum absolute atomic E-state index is 0.782. The maximum absolute atomic E-state index is 4.43. The zero-order chi connectivity index (χ0) is 13.8. The van der Waals surface area contributed by atoms with Crippen LogP contribution in [-0.4, -0.2) is 36.0 Å². The summed E-state index contributed by atoms with van der Waals surface area (Å²) in [5, 5.41) is 3.38. The Morgan fingerprint density at radius 3 is 2.90 bits per heavy atom. The van der Waals surface area contributed by atoms with E-state index in [1.807, 2.05) is 24.4 Å². The molecule has 0 unspecified atom stereocenters. The summed E-state index contributed by atoms with van der Waals surface area (Å²) in [5.41, 5.74) is 3.38. The molecule has 0 saturated heterocycles. The summed E-state index contributed by atoms with van der Waals surface area (Å²) < 4.78 is 0. The Balaban J connectivity index is 1.72. The molecule has 102 valence electrons. The highest BCUT2D eigenvalue weighted by Gasteiger charge is 2.11. The molecule has 20 heavy (non-hydrogen) atoms. The van der Waals surface area contributed by atoms with E-state index in [0.717, 1.165) is 36.9 Å². The lowest BCUT2D eigenvalue weighted by Gasteiger charge is -2.15. The number of benzene rings is 1. The van der Waals surface area contributed by atoms with Gasteiger partial charge in [0, 0.05) is 31.9 Å². The van der Waals surface area contributed by atoms with E-state index in [-0.39, 0.29) is 0 Å². The Labute approximate surface area is 119 Å². The molecule has 3 rings (SSSR count). The van der Waals surface area contributed by atoms with Crippen molar-refractivity contribution < 1.29 is 0 Å². The molecule has 0 spiro atoms. The van der Waals surface area contributed by atoms with Crippen molar-refractivity contribution in [1.82, 2.24) is 15.2 Å². The minimum Gasteiger partial charge on any atom is -0.352 e. The largest absolute Gasteiger partial charge is 0.352 e. The fourth-order valence-corrected chi connectivity index (χ4v) is 2.28. The van der Waals surface area contributed by atoms with E-state index in [9.17, 15) is 0 Å². The van der Waals surface area contributed by atoms with Gasteiger partial charge in [-0.3, -0.25) is 9.98 Å². The number of likely N-dealkylation sites (N-methyl/N-ethyl adjacent to an activating group) is 1.